The number of esters is 1. The maximum Gasteiger partial charge on any atom is 0.308 e. The number of thiocarbonyl (C=S) groups is 1. The molecule has 0 heterocycles. The highest BCUT2D eigenvalue weighted by atomic mass is 32.1. The van der Waals surface area contributed by atoms with Gasteiger partial charge in [-0.1, -0.05) is 6.07 Å². The minimum atomic E-state index is -0.478. The van der Waals surface area contributed by atoms with Gasteiger partial charge in [0.2, 0.25) is 5.75 Å². The van der Waals surface area contributed by atoms with Crippen LogP contribution in [0, 0.1) is 0 Å². The van der Waals surface area contributed by atoms with E-state index in [-0.39, 0.29) is 5.75 Å². The molecule has 0 bridgehead atoms. The van der Waals surface area contributed by atoms with Gasteiger partial charge in [-0.3, -0.25) is 10.2 Å². The summed E-state index contributed by atoms with van der Waals surface area (Å²) in [7, 11) is 4.53. The Morgan fingerprint density at radius 2 is 1.75 bits per heavy atom. The fraction of sp³-hybridized carbons (Fsp3) is 0.211. The van der Waals surface area contributed by atoms with E-state index in [0.29, 0.717) is 27.9 Å². The van der Waals surface area contributed by atoms with E-state index in [2.05, 4.69) is 15.8 Å². The van der Waals surface area contributed by atoms with Crippen LogP contribution >= 0.6 is 12.2 Å². The van der Waals surface area contributed by atoms with Gasteiger partial charge in [0.05, 0.1) is 27.5 Å². The quantitative estimate of drug-likeness (QED) is 0.240. The summed E-state index contributed by atoms with van der Waals surface area (Å²) in [5.74, 6) is 1.12. The number of nitrogens with zero attached hydrogens (tertiary/aromatic N) is 1. The molecule has 0 aliphatic heterocycles. The summed E-state index contributed by atoms with van der Waals surface area (Å²) in [6.45, 7) is 1.30. The average Bonchev–Trinajstić information content (AvgIpc) is 2.68. The van der Waals surface area contributed by atoms with Crippen molar-refractivity contribution in [1.29, 1.82) is 0 Å². The van der Waals surface area contributed by atoms with E-state index in [1.165, 1.54) is 27.4 Å². The second-order valence-electron chi connectivity index (χ2n) is 5.40. The molecule has 0 aliphatic rings. The average molecular weight is 403 g/mol. The molecule has 0 fully saturated rings. The fourth-order valence-corrected chi connectivity index (χ4v) is 2.41. The summed E-state index contributed by atoms with van der Waals surface area (Å²) >= 11 is 5.21. The van der Waals surface area contributed by atoms with Crippen LogP contribution in [0.4, 0.5) is 5.69 Å². The molecule has 9 heteroatoms. The number of rotatable bonds is 7. The Bertz CT molecular complexity index is 861. The lowest BCUT2D eigenvalue weighted by molar-refractivity contribution is -0.132. The number of carbonyl (C=O) groups is 1. The summed E-state index contributed by atoms with van der Waals surface area (Å²) in [5, 5.41) is 7.40. The van der Waals surface area contributed by atoms with Crippen LogP contribution in [0.3, 0.4) is 0 Å². The van der Waals surface area contributed by atoms with Crippen LogP contribution in [-0.2, 0) is 4.79 Å². The van der Waals surface area contributed by atoms with E-state index >= 15 is 0 Å². The van der Waals surface area contributed by atoms with Gasteiger partial charge in [0.25, 0.3) is 0 Å². The first-order valence-corrected chi connectivity index (χ1v) is 8.56. The Morgan fingerprint density at radius 3 is 2.32 bits per heavy atom. The largest absolute Gasteiger partial charge is 0.497 e. The Kier molecular flexibility index (Phi) is 7.58. The minimum absolute atomic E-state index is 0.206. The Hall–Kier alpha value is -3.33. The SMILES string of the molecule is COc1cccc(NC(=S)N/N=C\c2cc(OC)c(OC(C)=O)c(OC)c2)c1. The summed E-state index contributed by atoms with van der Waals surface area (Å²) in [6.07, 6.45) is 1.53. The standard InChI is InChI=1S/C19H21N3O5S/c1-12(23)27-18-16(25-3)8-13(9-17(18)26-4)11-20-22-19(28)21-14-6-5-7-15(10-14)24-2/h5-11H,1-4H3,(H2,21,22,28)/b20-11-. The topological polar surface area (TPSA) is 90.4 Å². The molecule has 0 saturated carbocycles. The minimum Gasteiger partial charge on any atom is -0.497 e. The molecule has 0 aromatic heterocycles. The smallest absolute Gasteiger partial charge is 0.308 e. The lowest BCUT2D eigenvalue weighted by Crippen LogP contribution is -2.23. The van der Waals surface area contributed by atoms with Crippen molar-refractivity contribution >= 4 is 35.2 Å². The third kappa shape index (κ3) is 5.85. The molecule has 0 aliphatic carbocycles. The summed E-state index contributed by atoms with van der Waals surface area (Å²) in [6, 6.07) is 10.6. The molecule has 148 valence electrons. The maximum atomic E-state index is 11.3. The number of carbonyl (C=O) groups excluding carboxylic acids is 1. The van der Waals surface area contributed by atoms with Crippen molar-refractivity contribution in [1.82, 2.24) is 5.43 Å². The van der Waals surface area contributed by atoms with E-state index in [1.807, 2.05) is 18.2 Å². The van der Waals surface area contributed by atoms with Crippen molar-refractivity contribution in [3.8, 4) is 23.0 Å². The van der Waals surface area contributed by atoms with Crippen molar-refractivity contribution in [2.24, 2.45) is 5.10 Å². The molecule has 2 rings (SSSR count). The number of hydrogen-bond acceptors (Lipinski definition) is 7. The van der Waals surface area contributed by atoms with Crippen molar-refractivity contribution in [3.05, 3.63) is 42.0 Å². The highest BCUT2D eigenvalue weighted by Gasteiger charge is 2.15. The number of nitrogens with one attached hydrogen (secondary N) is 2. The number of ether oxygens (including phenoxy) is 4. The van der Waals surface area contributed by atoms with Crippen molar-refractivity contribution in [2.45, 2.75) is 6.92 Å². The van der Waals surface area contributed by atoms with Gasteiger partial charge in [-0.25, -0.2) is 0 Å². The molecule has 0 spiro atoms. The highest BCUT2D eigenvalue weighted by molar-refractivity contribution is 7.80. The predicted molar refractivity (Wildman–Crippen MR) is 111 cm³/mol. The van der Waals surface area contributed by atoms with Crippen molar-refractivity contribution < 1.29 is 23.7 Å². The van der Waals surface area contributed by atoms with Gasteiger partial charge in [-0.15, -0.1) is 0 Å². The monoisotopic (exact) mass is 403 g/mol. The lowest BCUT2D eigenvalue weighted by atomic mass is 10.2. The van der Waals surface area contributed by atoms with Crippen LogP contribution in [0.15, 0.2) is 41.5 Å². The third-order valence-corrected chi connectivity index (χ3v) is 3.63. The maximum absolute atomic E-state index is 11.3. The molecule has 0 atom stereocenters. The van der Waals surface area contributed by atoms with E-state index in [9.17, 15) is 4.79 Å². The molecule has 2 aromatic rings. The predicted octanol–water partition coefficient (Wildman–Crippen LogP) is 2.96. The fourth-order valence-electron chi connectivity index (χ4n) is 2.24. The molecule has 0 saturated heterocycles. The Balaban J connectivity index is 2.08. The van der Waals surface area contributed by atoms with Crippen LogP contribution in [0.1, 0.15) is 12.5 Å². The molecule has 2 aromatic carbocycles. The van der Waals surface area contributed by atoms with Crippen LogP contribution < -0.4 is 29.7 Å². The van der Waals surface area contributed by atoms with Gasteiger partial charge in [0.1, 0.15) is 5.75 Å². The zero-order valence-corrected chi connectivity index (χ0v) is 16.8. The van der Waals surface area contributed by atoms with Crippen LogP contribution in [0.5, 0.6) is 23.0 Å². The first-order chi connectivity index (χ1) is 13.5. The summed E-state index contributed by atoms with van der Waals surface area (Å²) < 4.78 is 20.9. The van der Waals surface area contributed by atoms with E-state index < -0.39 is 5.97 Å². The first kappa shape index (κ1) is 21.0. The van der Waals surface area contributed by atoms with Gasteiger partial charge in [0, 0.05) is 24.2 Å². The van der Waals surface area contributed by atoms with E-state index in [0.717, 1.165) is 5.69 Å². The van der Waals surface area contributed by atoms with Gasteiger partial charge < -0.3 is 24.3 Å². The second-order valence-corrected chi connectivity index (χ2v) is 5.81. The normalized spacial score (nSPS) is 10.3. The zero-order chi connectivity index (χ0) is 20.5. The number of benzene rings is 2. The molecular weight excluding hydrogens is 382 g/mol. The van der Waals surface area contributed by atoms with E-state index in [4.69, 9.17) is 31.2 Å². The molecular formula is C19H21N3O5S. The Morgan fingerprint density at radius 1 is 1.07 bits per heavy atom. The first-order valence-electron chi connectivity index (χ1n) is 8.15. The number of hydrazone groups is 1. The second kappa shape index (κ2) is 10.1. The summed E-state index contributed by atoms with van der Waals surface area (Å²) in [5.41, 5.74) is 4.14. The van der Waals surface area contributed by atoms with Crippen LogP contribution in [0.25, 0.3) is 0 Å². The zero-order valence-electron chi connectivity index (χ0n) is 15.9. The van der Waals surface area contributed by atoms with Gasteiger partial charge in [-0.05, 0) is 36.5 Å². The van der Waals surface area contributed by atoms with Gasteiger partial charge >= 0.3 is 5.97 Å². The van der Waals surface area contributed by atoms with Gasteiger partial charge in [-0.2, -0.15) is 5.10 Å². The lowest BCUT2D eigenvalue weighted by Gasteiger charge is -2.13. The van der Waals surface area contributed by atoms with Crippen LogP contribution in [-0.4, -0.2) is 38.6 Å². The number of anilines is 1. The Labute approximate surface area is 168 Å². The van der Waals surface area contributed by atoms with Gasteiger partial charge in [0.15, 0.2) is 16.6 Å². The summed E-state index contributed by atoms with van der Waals surface area (Å²) in [4.78, 5) is 11.3. The van der Waals surface area contributed by atoms with Crippen LogP contribution in [0.2, 0.25) is 0 Å². The number of methoxy groups -OCH3 is 3. The van der Waals surface area contributed by atoms with E-state index in [1.54, 1.807) is 25.3 Å². The molecule has 0 amide bonds. The molecule has 8 nitrogen and oxygen atoms in total. The van der Waals surface area contributed by atoms with Crippen molar-refractivity contribution in [2.75, 3.05) is 26.6 Å². The molecule has 0 radical (unpaired) electrons. The molecule has 28 heavy (non-hydrogen) atoms. The molecule has 2 N–H and O–H groups in total. The van der Waals surface area contributed by atoms with Crippen molar-refractivity contribution in [3.63, 3.8) is 0 Å². The highest BCUT2D eigenvalue weighted by Crippen LogP contribution is 2.38. The number of hydrogen-bond donors (Lipinski definition) is 2. The third-order valence-electron chi connectivity index (χ3n) is 3.44. The molecule has 0 unspecified atom stereocenters.